The molecule has 9 nitrogen and oxygen atoms in total. The lowest BCUT2D eigenvalue weighted by molar-refractivity contribution is -0.119. The quantitative estimate of drug-likeness (QED) is 0.146. The molecule has 0 saturated heterocycles. The summed E-state index contributed by atoms with van der Waals surface area (Å²) < 4.78 is 9.92. The molecule has 3 fully saturated rings. The van der Waals surface area contributed by atoms with Crippen LogP contribution in [0.2, 0.25) is 25.7 Å². The molecule has 1 atom stereocenters. The highest BCUT2D eigenvalue weighted by atomic mass is 28.3. The van der Waals surface area contributed by atoms with Gasteiger partial charge < -0.3 is 19.9 Å². The van der Waals surface area contributed by atoms with Crippen LogP contribution in [0.3, 0.4) is 0 Å². The summed E-state index contributed by atoms with van der Waals surface area (Å²) in [5.74, 6) is 1.25. The van der Waals surface area contributed by atoms with Gasteiger partial charge in [-0.15, -0.1) is 0 Å². The first-order valence-electron chi connectivity index (χ1n) is 16.5. The van der Waals surface area contributed by atoms with Crippen molar-refractivity contribution < 1.29 is 14.3 Å². The minimum absolute atomic E-state index is 0.0488. The molecule has 0 radical (unpaired) electrons. The summed E-state index contributed by atoms with van der Waals surface area (Å²) in [4.78, 5) is 32.1. The third-order valence-corrected chi connectivity index (χ3v) is 10.9. The maximum atomic E-state index is 13.9. The molecule has 2 aromatic heterocycles. The molecular weight excluding hydrogens is 568 g/mol. The fraction of sp³-hybridized carbons (Fsp3) is 0.588. The molecule has 236 valence electrons. The monoisotopic (exact) mass is 616 g/mol. The number of ether oxygens (including phenoxy) is 1. The summed E-state index contributed by atoms with van der Waals surface area (Å²) in [5.41, 5.74) is 4.52. The highest BCUT2D eigenvalue weighted by Crippen LogP contribution is 2.51. The van der Waals surface area contributed by atoms with Gasteiger partial charge in [0.1, 0.15) is 18.5 Å². The minimum atomic E-state index is -1.16. The zero-order valence-corrected chi connectivity index (χ0v) is 27.9. The summed E-state index contributed by atoms with van der Waals surface area (Å²) in [7, 11) is -1.16. The number of hydrogen-bond donors (Lipinski definition) is 2. The third-order valence-electron chi connectivity index (χ3n) is 9.16. The summed E-state index contributed by atoms with van der Waals surface area (Å²) in [5, 5.41) is 10.6. The van der Waals surface area contributed by atoms with Crippen molar-refractivity contribution in [2.45, 2.75) is 103 Å². The van der Waals surface area contributed by atoms with Crippen molar-refractivity contribution in [2.75, 3.05) is 11.9 Å². The van der Waals surface area contributed by atoms with E-state index in [1.807, 2.05) is 32.3 Å². The largest absolute Gasteiger partial charge is 0.361 e. The molecule has 0 aliphatic heterocycles. The van der Waals surface area contributed by atoms with Crippen LogP contribution in [0.25, 0.3) is 11.3 Å². The van der Waals surface area contributed by atoms with Gasteiger partial charge in [-0.3, -0.25) is 14.3 Å². The van der Waals surface area contributed by atoms with Crippen molar-refractivity contribution in [1.29, 1.82) is 0 Å². The smallest absolute Gasteiger partial charge is 0.270 e. The van der Waals surface area contributed by atoms with Crippen LogP contribution in [0.5, 0.6) is 0 Å². The van der Waals surface area contributed by atoms with Crippen molar-refractivity contribution in [3.63, 3.8) is 0 Å². The second kappa shape index (κ2) is 12.6. The molecule has 3 aliphatic rings. The number of carbonyl (C=O) groups is 2. The van der Waals surface area contributed by atoms with Gasteiger partial charge in [-0.1, -0.05) is 31.8 Å². The second-order valence-electron chi connectivity index (χ2n) is 14.6. The Hall–Kier alpha value is -3.24. The lowest BCUT2D eigenvalue weighted by atomic mass is 9.88. The summed E-state index contributed by atoms with van der Waals surface area (Å²) >= 11 is 0. The van der Waals surface area contributed by atoms with Gasteiger partial charge >= 0.3 is 0 Å². The lowest BCUT2D eigenvalue weighted by Gasteiger charge is -2.28. The number of aromatic nitrogens is 4. The molecule has 3 aromatic rings. The topological polar surface area (TPSA) is 103 Å². The van der Waals surface area contributed by atoms with Crippen LogP contribution >= 0.6 is 0 Å². The van der Waals surface area contributed by atoms with E-state index in [0.717, 1.165) is 61.0 Å². The Labute approximate surface area is 262 Å². The SMILES string of the molecule is CC(C)n1nccc1C(=O)NC(C(=O)Nc1ccc(-c2c(C3CC3)ncn2COCC[Si](C)(C)C)cc1)C(C1CC1)C1CC1. The highest BCUT2D eigenvalue weighted by Gasteiger charge is 2.48. The van der Waals surface area contributed by atoms with Gasteiger partial charge in [0, 0.05) is 44.1 Å². The molecule has 3 aliphatic carbocycles. The number of hydrogen-bond acceptors (Lipinski definition) is 5. The van der Waals surface area contributed by atoms with E-state index in [0.29, 0.717) is 30.2 Å². The lowest BCUT2D eigenvalue weighted by Crippen LogP contribution is -2.50. The average Bonchev–Trinajstić information content (AvgIpc) is 3.90. The van der Waals surface area contributed by atoms with Crippen LogP contribution in [0.1, 0.15) is 80.5 Å². The zero-order valence-electron chi connectivity index (χ0n) is 26.9. The van der Waals surface area contributed by atoms with E-state index in [1.54, 1.807) is 16.9 Å². The van der Waals surface area contributed by atoms with Crippen molar-refractivity contribution in [1.82, 2.24) is 24.6 Å². The molecule has 3 saturated carbocycles. The van der Waals surface area contributed by atoms with Gasteiger partial charge in [-0.05, 0) is 94.4 Å². The average molecular weight is 617 g/mol. The van der Waals surface area contributed by atoms with Crippen LogP contribution in [-0.2, 0) is 16.3 Å². The Morgan fingerprint density at radius 2 is 1.68 bits per heavy atom. The van der Waals surface area contributed by atoms with E-state index in [-0.39, 0.29) is 23.8 Å². The number of rotatable bonds is 15. The Morgan fingerprint density at radius 1 is 1.00 bits per heavy atom. The highest BCUT2D eigenvalue weighted by molar-refractivity contribution is 6.76. The van der Waals surface area contributed by atoms with Gasteiger partial charge in [0.2, 0.25) is 5.91 Å². The molecular formula is C34H48N6O3Si. The Bertz CT molecular complexity index is 1450. The van der Waals surface area contributed by atoms with Crippen molar-refractivity contribution in [3.05, 3.63) is 54.2 Å². The van der Waals surface area contributed by atoms with Gasteiger partial charge in [-0.2, -0.15) is 5.10 Å². The van der Waals surface area contributed by atoms with Crippen molar-refractivity contribution >= 4 is 25.6 Å². The number of nitrogens with zero attached hydrogens (tertiary/aromatic N) is 4. The minimum Gasteiger partial charge on any atom is -0.361 e. The molecule has 0 bridgehead atoms. The van der Waals surface area contributed by atoms with Crippen LogP contribution in [0.15, 0.2) is 42.9 Å². The Kier molecular flexibility index (Phi) is 8.83. The molecule has 10 heteroatoms. The first kappa shape index (κ1) is 30.8. The summed E-state index contributed by atoms with van der Waals surface area (Å²) in [6.45, 7) is 12.3. The predicted octanol–water partition coefficient (Wildman–Crippen LogP) is 6.69. The summed E-state index contributed by atoms with van der Waals surface area (Å²) in [6.07, 6.45) is 10.4. The maximum Gasteiger partial charge on any atom is 0.270 e. The molecule has 44 heavy (non-hydrogen) atoms. The maximum absolute atomic E-state index is 13.9. The number of anilines is 1. The van der Waals surface area contributed by atoms with Crippen LogP contribution in [0.4, 0.5) is 5.69 Å². The molecule has 0 spiro atoms. The van der Waals surface area contributed by atoms with E-state index in [2.05, 4.69) is 52.1 Å². The standard InChI is InChI=1S/C34H48N6O3Si/c1-22(2)40-28(16-17-36-40)33(41)38-31(29(23-6-7-23)24-8-9-24)34(42)37-27-14-12-26(13-15-27)32-30(25-10-11-25)35-20-39(32)21-43-18-19-44(3,4)5/h12-17,20,22-25,29,31H,6-11,18-19,21H2,1-5H3,(H,37,42)(H,38,41). The predicted molar refractivity (Wildman–Crippen MR) is 175 cm³/mol. The fourth-order valence-electron chi connectivity index (χ4n) is 6.29. The molecule has 1 aromatic carbocycles. The Balaban J connectivity index is 1.18. The van der Waals surface area contributed by atoms with Crippen LogP contribution < -0.4 is 10.6 Å². The molecule has 6 rings (SSSR count). The van der Waals surface area contributed by atoms with E-state index >= 15 is 0 Å². The summed E-state index contributed by atoms with van der Waals surface area (Å²) in [6, 6.07) is 10.4. The third kappa shape index (κ3) is 7.34. The molecule has 2 N–H and O–H groups in total. The fourth-order valence-corrected chi connectivity index (χ4v) is 7.04. The second-order valence-corrected chi connectivity index (χ2v) is 20.2. The van der Waals surface area contributed by atoms with E-state index in [4.69, 9.17) is 9.72 Å². The first-order valence-corrected chi connectivity index (χ1v) is 20.2. The van der Waals surface area contributed by atoms with Gasteiger partial charge in [0.05, 0.1) is 17.7 Å². The van der Waals surface area contributed by atoms with Crippen molar-refractivity contribution in [2.24, 2.45) is 17.8 Å². The Morgan fingerprint density at radius 3 is 2.27 bits per heavy atom. The molecule has 2 amide bonds. The van der Waals surface area contributed by atoms with Crippen LogP contribution in [0, 0.1) is 17.8 Å². The van der Waals surface area contributed by atoms with Crippen LogP contribution in [-0.4, -0.2) is 51.9 Å². The number of benzene rings is 1. The normalized spacial score (nSPS) is 17.7. The first-order chi connectivity index (χ1) is 21.1. The number of amides is 2. The van der Waals surface area contributed by atoms with Gasteiger partial charge in [-0.25, -0.2) is 4.98 Å². The molecule has 1 unspecified atom stereocenters. The zero-order chi connectivity index (χ0) is 31.0. The molecule has 2 heterocycles. The van der Waals surface area contributed by atoms with E-state index in [1.165, 1.54) is 12.8 Å². The van der Waals surface area contributed by atoms with Crippen molar-refractivity contribution in [3.8, 4) is 11.3 Å². The van der Waals surface area contributed by atoms with E-state index in [9.17, 15) is 9.59 Å². The van der Waals surface area contributed by atoms with Gasteiger partial charge in [0.25, 0.3) is 5.91 Å². The number of carbonyl (C=O) groups excluding carboxylic acids is 2. The van der Waals surface area contributed by atoms with Gasteiger partial charge in [0.15, 0.2) is 0 Å². The number of imidazole rings is 1. The number of nitrogens with one attached hydrogen (secondary N) is 2. The van der Waals surface area contributed by atoms with E-state index < -0.39 is 14.1 Å².